The van der Waals surface area contributed by atoms with Crippen LogP contribution in [-0.4, -0.2) is 22.4 Å². The lowest BCUT2D eigenvalue weighted by Gasteiger charge is -2.48. The Morgan fingerprint density at radius 1 is 0.706 bits per heavy atom. The molecule has 0 saturated heterocycles. The van der Waals surface area contributed by atoms with E-state index in [4.69, 9.17) is 0 Å². The van der Waals surface area contributed by atoms with Gasteiger partial charge in [0.1, 0.15) is 0 Å². The average molecular weight is 240 g/mol. The van der Waals surface area contributed by atoms with Crippen LogP contribution in [0.25, 0.3) is 0 Å². The first-order chi connectivity index (χ1) is 8.03. The van der Waals surface area contributed by atoms with Gasteiger partial charge in [0.05, 0.1) is 12.2 Å². The predicted octanol–water partition coefficient (Wildman–Crippen LogP) is 3.11. The fraction of sp³-hybridized carbons (Fsp3) is 1.00. The van der Waals surface area contributed by atoms with Gasteiger partial charge < -0.3 is 10.2 Å². The Bertz CT molecular complexity index is 225. The van der Waals surface area contributed by atoms with Crippen molar-refractivity contribution in [1.29, 1.82) is 0 Å². The summed E-state index contributed by atoms with van der Waals surface area (Å²) in [5, 5.41) is 20.5. The fourth-order valence-corrected chi connectivity index (χ4v) is 4.23. The molecule has 2 nitrogen and oxygen atoms in total. The van der Waals surface area contributed by atoms with Crippen LogP contribution in [0.1, 0.15) is 65.2 Å². The minimum Gasteiger partial charge on any atom is -0.393 e. The second-order valence-corrected chi connectivity index (χ2v) is 6.74. The normalized spacial score (nSPS) is 40.2. The van der Waals surface area contributed by atoms with Crippen LogP contribution in [-0.2, 0) is 0 Å². The van der Waals surface area contributed by atoms with Crippen molar-refractivity contribution < 1.29 is 10.2 Å². The molecule has 2 rings (SSSR count). The Morgan fingerprint density at radius 3 is 1.41 bits per heavy atom. The molecule has 0 aromatic rings. The molecule has 2 N–H and O–H groups in total. The van der Waals surface area contributed by atoms with Gasteiger partial charge in [-0.2, -0.15) is 0 Å². The number of hydrogen-bond acceptors (Lipinski definition) is 2. The van der Waals surface area contributed by atoms with Gasteiger partial charge >= 0.3 is 0 Å². The van der Waals surface area contributed by atoms with Crippen LogP contribution < -0.4 is 0 Å². The largest absolute Gasteiger partial charge is 0.393 e. The van der Waals surface area contributed by atoms with Crippen LogP contribution >= 0.6 is 0 Å². The monoisotopic (exact) mass is 240 g/mol. The van der Waals surface area contributed by atoms with E-state index >= 15 is 0 Å². The third-order valence-corrected chi connectivity index (χ3v) is 5.37. The lowest BCUT2D eigenvalue weighted by Crippen LogP contribution is -2.46. The van der Waals surface area contributed by atoms with Crippen LogP contribution in [0.4, 0.5) is 0 Å². The smallest absolute Gasteiger partial charge is 0.0573 e. The highest BCUT2D eigenvalue weighted by Crippen LogP contribution is 2.48. The Morgan fingerprint density at radius 2 is 1.06 bits per heavy atom. The molecule has 0 heterocycles. The summed E-state index contributed by atoms with van der Waals surface area (Å²) in [6, 6.07) is 0. The van der Waals surface area contributed by atoms with Gasteiger partial charge in [-0.3, -0.25) is 0 Å². The van der Waals surface area contributed by atoms with Gasteiger partial charge in [-0.05, 0) is 42.9 Å². The molecule has 4 atom stereocenters. The van der Waals surface area contributed by atoms with E-state index in [1.165, 1.54) is 25.7 Å². The molecule has 2 heteroatoms. The van der Waals surface area contributed by atoms with Crippen LogP contribution in [0, 0.1) is 17.3 Å². The molecule has 0 aromatic carbocycles. The van der Waals surface area contributed by atoms with Crippen molar-refractivity contribution in [3.8, 4) is 0 Å². The van der Waals surface area contributed by atoms with E-state index in [9.17, 15) is 10.2 Å². The summed E-state index contributed by atoms with van der Waals surface area (Å²) >= 11 is 0. The molecule has 2 fully saturated rings. The third-order valence-electron chi connectivity index (χ3n) is 5.37. The highest BCUT2D eigenvalue weighted by atomic mass is 16.3. The highest BCUT2D eigenvalue weighted by molar-refractivity contribution is 4.94. The Hall–Kier alpha value is -0.0800. The third kappa shape index (κ3) is 2.68. The molecule has 100 valence electrons. The van der Waals surface area contributed by atoms with Gasteiger partial charge in [-0.15, -0.1) is 0 Å². The highest BCUT2D eigenvalue weighted by Gasteiger charge is 2.44. The molecule has 2 aliphatic carbocycles. The molecule has 2 saturated carbocycles. The van der Waals surface area contributed by atoms with Gasteiger partial charge in [0, 0.05) is 0 Å². The zero-order valence-electron chi connectivity index (χ0n) is 11.4. The maximum atomic E-state index is 10.2. The summed E-state index contributed by atoms with van der Waals surface area (Å²) in [5.41, 5.74) is 0.0830. The SMILES string of the molecule is CC(C)(C1CCCCC1O)C1CCCCC1O. The number of hydrogen-bond donors (Lipinski definition) is 2. The summed E-state index contributed by atoms with van der Waals surface area (Å²) in [5.74, 6) is 0.767. The predicted molar refractivity (Wildman–Crippen MR) is 69.7 cm³/mol. The summed E-state index contributed by atoms with van der Waals surface area (Å²) in [6.45, 7) is 4.54. The molecule has 0 radical (unpaired) electrons. The number of rotatable bonds is 2. The first-order valence-corrected chi connectivity index (χ1v) is 7.39. The summed E-state index contributed by atoms with van der Waals surface area (Å²) in [7, 11) is 0. The van der Waals surface area contributed by atoms with E-state index in [2.05, 4.69) is 13.8 Å². The van der Waals surface area contributed by atoms with Crippen molar-refractivity contribution in [2.75, 3.05) is 0 Å². The van der Waals surface area contributed by atoms with E-state index in [1.807, 2.05) is 0 Å². The van der Waals surface area contributed by atoms with Crippen molar-refractivity contribution in [1.82, 2.24) is 0 Å². The van der Waals surface area contributed by atoms with Crippen molar-refractivity contribution in [3.05, 3.63) is 0 Å². The maximum Gasteiger partial charge on any atom is 0.0573 e. The first kappa shape index (κ1) is 13.4. The van der Waals surface area contributed by atoms with E-state index in [1.54, 1.807) is 0 Å². The summed E-state index contributed by atoms with van der Waals surface area (Å²) in [6.07, 6.45) is 8.72. The molecule has 17 heavy (non-hydrogen) atoms. The standard InChI is InChI=1S/C15H28O2/c1-15(2,11-7-3-5-9-13(11)16)12-8-4-6-10-14(12)17/h11-14,16-17H,3-10H2,1-2H3. The van der Waals surface area contributed by atoms with Crippen molar-refractivity contribution >= 4 is 0 Å². The lowest BCUT2D eigenvalue weighted by atomic mass is 9.59. The molecule has 0 amide bonds. The van der Waals surface area contributed by atoms with E-state index in [0.717, 1.165) is 25.7 Å². The second-order valence-electron chi connectivity index (χ2n) is 6.74. The van der Waals surface area contributed by atoms with E-state index in [-0.39, 0.29) is 17.6 Å². The molecular weight excluding hydrogens is 212 g/mol. The minimum absolute atomic E-state index is 0.0830. The minimum atomic E-state index is -0.145. The molecular formula is C15H28O2. The summed E-state index contributed by atoms with van der Waals surface area (Å²) in [4.78, 5) is 0. The molecule has 0 spiro atoms. The zero-order valence-corrected chi connectivity index (χ0v) is 11.4. The first-order valence-electron chi connectivity index (χ1n) is 7.39. The van der Waals surface area contributed by atoms with Gasteiger partial charge in [0.15, 0.2) is 0 Å². The van der Waals surface area contributed by atoms with Gasteiger partial charge in [0.2, 0.25) is 0 Å². The van der Waals surface area contributed by atoms with Crippen LogP contribution in [0.5, 0.6) is 0 Å². The quantitative estimate of drug-likeness (QED) is 0.778. The maximum absolute atomic E-state index is 10.2. The Labute approximate surface area is 105 Å². The topological polar surface area (TPSA) is 40.5 Å². The molecule has 0 bridgehead atoms. The van der Waals surface area contributed by atoms with Gasteiger partial charge in [0.25, 0.3) is 0 Å². The Kier molecular flexibility index (Phi) is 4.14. The summed E-state index contributed by atoms with van der Waals surface area (Å²) < 4.78 is 0. The van der Waals surface area contributed by atoms with E-state index in [0.29, 0.717) is 11.8 Å². The van der Waals surface area contributed by atoms with Crippen LogP contribution in [0.2, 0.25) is 0 Å². The van der Waals surface area contributed by atoms with Crippen LogP contribution in [0.15, 0.2) is 0 Å². The zero-order chi connectivity index (χ0) is 12.5. The van der Waals surface area contributed by atoms with Crippen molar-refractivity contribution in [3.63, 3.8) is 0 Å². The molecule has 0 aromatic heterocycles. The number of aliphatic hydroxyl groups is 2. The molecule has 4 unspecified atom stereocenters. The second kappa shape index (κ2) is 5.27. The van der Waals surface area contributed by atoms with Gasteiger partial charge in [-0.25, -0.2) is 0 Å². The van der Waals surface area contributed by atoms with Crippen molar-refractivity contribution in [2.24, 2.45) is 17.3 Å². The van der Waals surface area contributed by atoms with E-state index < -0.39 is 0 Å². The molecule has 2 aliphatic rings. The average Bonchev–Trinajstić information content (AvgIpc) is 2.29. The lowest BCUT2D eigenvalue weighted by molar-refractivity contribution is -0.0753. The van der Waals surface area contributed by atoms with Gasteiger partial charge in [-0.1, -0.05) is 39.5 Å². The number of aliphatic hydroxyl groups excluding tert-OH is 2. The van der Waals surface area contributed by atoms with Crippen LogP contribution in [0.3, 0.4) is 0 Å². The van der Waals surface area contributed by atoms with Crippen molar-refractivity contribution in [2.45, 2.75) is 77.4 Å². The Balaban J connectivity index is 2.09. The fourth-order valence-electron chi connectivity index (χ4n) is 4.23. The molecule has 0 aliphatic heterocycles.